The number of aryl methyl sites for hydroxylation is 1. The van der Waals surface area contributed by atoms with Crippen molar-refractivity contribution >= 4 is 5.97 Å². The molecule has 0 bridgehead atoms. The fourth-order valence-corrected chi connectivity index (χ4v) is 3.24. The molecular weight excluding hydrogens is 294 g/mol. The lowest BCUT2D eigenvalue weighted by molar-refractivity contribution is 0.0555. The van der Waals surface area contributed by atoms with Gasteiger partial charge < -0.3 is 13.7 Å². The van der Waals surface area contributed by atoms with Crippen LogP contribution in [0.5, 0.6) is 0 Å². The van der Waals surface area contributed by atoms with Crippen molar-refractivity contribution in [2.75, 3.05) is 20.2 Å². The van der Waals surface area contributed by atoms with Gasteiger partial charge in [0.2, 0.25) is 5.76 Å². The number of rotatable bonds is 4. The zero-order chi connectivity index (χ0) is 16.4. The average molecular weight is 317 g/mol. The third-order valence-corrected chi connectivity index (χ3v) is 4.71. The number of hydrogen-bond donors (Lipinski definition) is 0. The van der Waals surface area contributed by atoms with Gasteiger partial charge in [0, 0.05) is 37.1 Å². The summed E-state index contributed by atoms with van der Waals surface area (Å²) < 4.78 is 12.7. The second-order valence-electron chi connectivity index (χ2n) is 6.11. The SMILES string of the molecule is COC(=O)c1oc([C@H](C)N2CCC(n3ccnc3)CC2)cc1C. The molecule has 0 radical (unpaired) electrons. The number of carbonyl (C=O) groups excluding carboxylic acids is 1. The van der Waals surface area contributed by atoms with Crippen LogP contribution in [0.4, 0.5) is 0 Å². The molecule has 124 valence electrons. The Morgan fingerprint density at radius 3 is 2.78 bits per heavy atom. The molecule has 2 aromatic rings. The van der Waals surface area contributed by atoms with Crippen LogP contribution in [0.25, 0.3) is 0 Å². The summed E-state index contributed by atoms with van der Waals surface area (Å²) in [7, 11) is 1.37. The molecule has 0 amide bonds. The van der Waals surface area contributed by atoms with Gasteiger partial charge in [0.05, 0.1) is 19.5 Å². The number of aromatic nitrogens is 2. The van der Waals surface area contributed by atoms with E-state index in [0.29, 0.717) is 11.8 Å². The Morgan fingerprint density at radius 2 is 2.17 bits per heavy atom. The molecule has 0 aliphatic carbocycles. The number of ether oxygens (including phenoxy) is 1. The highest BCUT2D eigenvalue weighted by molar-refractivity contribution is 5.87. The summed E-state index contributed by atoms with van der Waals surface area (Å²) in [5.74, 6) is 0.714. The molecular formula is C17H23N3O3. The van der Waals surface area contributed by atoms with E-state index >= 15 is 0 Å². The molecule has 6 heteroatoms. The minimum Gasteiger partial charge on any atom is -0.463 e. The maximum absolute atomic E-state index is 11.7. The Morgan fingerprint density at radius 1 is 1.43 bits per heavy atom. The lowest BCUT2D eigenvalue weighted by Crippen LogP contribution is -2.36. The zero-order valence-electron chi connectivity index (χ0n) is 13.9. The highest BCUT2D eigenvalue weighted by Crippen LogP contribution is 2.30. The summed E-state index contributed by atoms with van der Waals surface area (Å²) in [6.07, 6.45) is 7.92. The van der Waals surface area contributed by atoms with Crippen LogP contribution in [-0.4, -0.2) is 40.6 Å². The highest BCUT2D eigenvalue weighted by Gasteiger charge is 2.27. The zero-order valence-corrected chi connectivity index (χ0v) is 13.9. The van der Waals surface area contributed by atoms with Gasteiger partial charge in [0.25, 0.3) is 0 Å². The lowest BCUT2D eigenvalue weighted by atomic mass is 10.0. The quantitative estimate of drug-likeness (QED) is 0.811. The molecule has 3 rings (SSSR count). The van der Waals surface area contributed by atoms with Gasteiger partial charge >= 0.3 is 5.97 Å². The first kappa shape index (κ1) is 15.8. The van der Waals surface area contributed by atoms with E-state index in [4.69, 9.17) is 9.15 Å². The van der Waals surface area contributed by atoms with Crippen LogP contribution >= 0.6 is 0 Å². The van der Waals surface area contributed by atoms with Gasteiger partial charge in [-0.2, -0.15) is 0 Å². The minimum atomic E-state index is -0.417. The van der Waals surface area contributed by atoms with E-state index < -0.39 is 5.97 Å². The fourth-order valence-electron chi connectivity index (χ4n) is 3.24. The first-order valence-corrected chi connectivity index (χ1v) is 8.00. The minimum absolute atomic E-state index is 0.149. The normalized spacial score (nSPS) is 18.0. The van der Waals surface area contributed by atoms with E-state index in [2.05, 4.69) is 21.4 Å². The Hall–Kier alpha value is -2.08. The van der Waals surface area contributed by atoms with E-state index in [-0.39, 0.29) is 6.04 Å². The molecule has 0 saturated carbocycles. The molecule has 0 spiro atoms. The molecule has 0 aromatic carbocycles. The summed E-state index contributed by atoms with van der Waals surface area (Å²) in [6.45, 7) is 5.99. The smallest absolute Gasteiger partial charge is 0.374 e. The Kier molecular flexibility index (Phi) is 4.52. The van der Waals surface area contributed by atoms with E-state index in [1.165, 1.54) is 7.11 Å². The van der Waals surface area contributed by atoms with Crippen molar-refractivity contribution in [3.63, 3.8) is 0 Å². The summed E-state index contributed by atoms with van der Waals surface area (Å²) in [4.78, 5) is 18.2. The van der Waals surface area contributed by atoms with Crippen molar-refractivity contribution in [2.24, 2.45) is 0 Å². The molecule has 1 aliphatic heterocycles. The molecule has 1 atom stereocenters. The molecule has 2 aromatic heterocycles. The van der Waals surface area contributed by atoms with Gasteiger partial charge in [-0.05, 0) is 32.8 Å². The number of nitrogens with zero attached hydrogens (tertiary/aromatic N) is 3. The van der Waals surface area contributed by atoms with Crippen LogP contribution in [0.15, 0.2) is 29.2 Å². The van der Waals surface area contributed by atoms with Crippen molar-refractivity contribution in [1.82, 2.24) is 14.5 Å². The first-order chi connectivity index (χ1) is 11.1. The van der Waals surface area contributed by atoms with E-state index in [1.807, 2.05) is 31.7 Å². The standard InChI is InChI=1S/C17H23N3O3/c1-12-10-15(23-16(12)17(21)22-3)13(2)19-7-4-14(5-8-19)20-9-6-18-11-20/h6,9-11,13-14H,4-5,7-8H2,1-3H3/t13-/m0/s1. The molecule has 1 aliphatic rings. The number of esters is 1. The summed E-state index contributed by atoms with van der Waals surface area (Å²) >= 11 is 0. The number of furan rings is 1. The topological polar surface area (TPSA) is 60.5 Å². The predicted octanol–water partition coefficient (Wildman–Crippen LogP) is 2.97. The van der Waals surface area contributed by atoms with E-state index in [9.17, 15) is 4.79 Å². The van der Waals surface area contributed by atoms with Crippen molar-refractivity contribution in [2.45, 2.75) is 38.8 Å². The number of hydrogen-bond acceptors (Lipinski definition) is 5. The van der Waals surface area contributed by atoms with Crippen LogP contribution in [0.3, 0.4) is 0 Å². The number of imidazole rings is 1. The van der Waals surface area contributed by atoms with Crippen LogP contribution in [0.2, 0.25) is 0 Å². The second-order valence-corrected chi connectivity index (χ2v) is 6.11. The van der Waals surface area contributed by atoms with Crippen molar-refractivity contribution < 1.29 is 13.9 Å². The van der Waals surface area contributed by atoms with E-state index in [1.54, 1.807) is 0 Å². The second kappa shape index (κ2) is 6.58. The fraction of sp³-hybridized carbons (Fsp3) is 0.529. The van der Waals surface area contributed by atoms with Crippen molar-refractivity contribution in [1.29, 1.82) is 0 Å². The molecule has 0 unspecified atom stereocenters. The summed E-state index contributed by atoms with van der Waals surface area (Å²) in [5.41, 5.74) is 0.826. The largest absolute Gasteiger partial charge is 0.463 e. The Labute approximate surface area is 136 Å². The Balaban J connectivity index is 1.65. The van der Waals surface area contributed by atoms with Crippen LogP contribution in [0.1, 0.15) is 53.7 Å². The molecule has 0 N–H and O–H groups in total. The highest BCUT2D eigenvalue weighted by atomic mass is 16.5. The first-order valence-electron chi connectivity index (χ1n) is 8.00. The van der Waals surface area contributed by atoms with Gasteiger partial charge in [-0.1, -0.05) is 0 Å². The third-order valence-electron chi connectivity index (χ3n) is 4.71. The van der Waals surface area contributed by atoms with E-state index in [0.717, 1.165) is 37.3 Å². The number of piperidine rings is 1. The van der Waals surface area contributed by atoms with Crippen molar-refractivity contribution in [3.8, 4) is 0 Å². The van der Waals surface area contributed by atoms with Gasteiger partial charge in [0.1, 0.15) is 5.76 Å². The molecule has 1 fully saturated rings. The summed E-state index contributed by atoms with van der Waals surface area (Å²) in [6, 6.07) is 2.61. The number of likely N-dealkylation sites (tertiary alicyclic amines) is 1. The van der Waals surface area contributed by atoms with Gasteiger partial charge in [-0.25, -0.2) is 9.78 Å². The molecule has 6 nitrogen and oxygen atoms in total. The van der Waals surface area contributed by atoms with Gasteiger partial charge in [-0.15, -0.1) is 0 Å². The van der Waals surface area contributed by atoms with Crippen molar-refractivity contribution in [3.05, 3.63) is 41.9 Å². The van der Waals surface area contributed by atoms with Gasteiger partial charge in [0.15, 0.2) is 0 Å². The lowest BCUT2D eigenvalue weighted by Gasteiger charge is -2.35. The molecule has 3 heterocycles. The predicted molar refractivity (Wildman–Crippen MR) is 85.3 cm³/mol. The monoisotopic (exact) mass is 317 g/mol. The van der Waals surface area contributed by atoms with Gasteiger partial charge in [-0.3, -0.25) is 4.90 Å². The summed E-state index contributed by atoms with van der Waals surface area (Å²) in [5, 5.41) is 0. The molecule has 23 heavy (non-hydrogen) atoms. The van der Waals surface area contributed by atoms with Crippen LogP contribution in [0, 0.1) is 6.92 Å². The maximum atomic E-state index is 11.7. The van der Waals surface area contributed by atoms with Crippen LogP contribution < -0.4 is 0 Å². The number of carbonyl (C=O) groups is 1. The third kappa shape index (κ3) is 3.17. The average Bonchev–Trinajstić information content (AvgIpc) is 3.23. The Bertz CT molecular complexity index is 655. The maximum Gasteiger partial charge on any atom is 0.374 e. The number of methoxy groups -OCH3 is 1. The van der Waals surface area contributed by atoms with Crippen LogP contribution in [-0.2, 0) is 4.74 Å². The molecule has 1 saturated heterocycles.